The molecule has 0 saturated carbocycles. The average molecular weight is 323 g/mol. The Morgan fingerprint density at radius 3 is 2.73 bits per heavy atom. The van der Waals surface area contributed by atoms with E-state index in [9.17, 15) is 13.6 Å². The molecule has 0 radical (unpaired) electrons. The van der Waals surface area contributed by atoms with Crippen molar-refractivity contribution >= 4 is 23.4 Å². The minimum Gasteiger partial charge on any atom is -0.454 e. The zero-order valence-corrected chi connectivity index (χ0v) is 12.0. The first-order chi connectivity index (χ1) is 10.6. The van der Waals surface area contributed by atoms with E-state index >= 15 is 0 Å². The molecule has 114 valence electrons. The number of hydrogen-bond acceptors (Lipinski definition) is 4. The quantitative estimate of drug-likeness (QED) is 0.865. The van der Waals surface area contributed by atoms with Crippen molar-refractivity contribution in [3.05, 3.63) is 48.0 Å². The normalized spacial score (nSPS) is 12.5. The summed E-state index contributed by atoms with van der Waals surface area (Å²) in [4.78, 5) is 12.5. The number of benzene rings is 2. The lowest BCUT2D eigenvalue weighted by Gasteiger charge is -2.10. The Morgan fingerprint density at radius 2 is 1.91 bits per heavy atom. The van der Waals surface area contributed by atoms with Gasteiger partial charge >= 0.3 is 0 Å². The second kappa shape index (κ2) is 6.23. The van der Waals surface area contributed by atoms with E-state index in [1.165, 1.54) is 12.1 Å². The van der Waals surface area contributed by atoms with E-state index < -0.39 is 11.7 Å². The van der Waals surface area contributed by atoms with Gasteiger partial charge in [0, 0.05) is 16.6 Å². The maximum absolute atomic E-state index is 12.5. The number of hydrogen-bond donors (Lipinski definition) is 1. The zero-order chi connectivity index (χ0) is 15.5. The molecular formula is C15H11F2NO3S. The molecule has 22 heavy (non-hydrogen) atoms. The van der Waals surface area contributed by atoms with Gasteiger partial charge in [-0.2, -0.15) is 8.78 Å². The molecule has 0 aliphatic carbocycles. The molecule has 0 aromatic heterocycles. The third kappa shape index (κ3) is 3.14. The molecular weight excluding hydrogens is 312 g/mol. The lowest BCUT2D eigenvalue weighted by molar-refractivity contribution is 0.102. The molecule has 0 bridgehead atoms. The number of carbonyl (C=O) groups excluding carboxylic acids is 1. The van der Waals surface area contributed by atoms with Gasteiger partial charge in [0.15, 0.2) is 11.5 Å². The molecule has 1 heterocycles. The highest BCUT2D eigenvalue weighted by molar-refractivity contribution is 7.99. The van der Waals surface area contributed by atoms with Crippen molar-refractivity contribution in [2.75, 3.05) is 12.1 Å². The number of carbonyl (C=O) groups is 1. The van der Waals surface area contributed by atoms with Gasteiger partial charge in [-0.05, 0) is 24.3 Å². The Morgan fingerprint density at radius 1 is 1.14 bits per heavy atom. The fourth-order valence-corrected chi connectivity index (χ4v) is 2.66. The number of thioether (sulfide) groups is 1. The predicted molar refractivity (Wildman–Crippen MR) is 78.8 cm³/mol. The van der Waals surface area contributed by atoms with Gasteiger partial charge in [0.2, 0.25) is 6.79 Å². The minimum absolute atomic E-state index is 0.139. The van der Waals surface area contributed by atoms with Crippen LogP contribution in [0.3, 0.4) is 0 Å². The molecule has 0 atom stereocenters. The lowest BCUT2D eigenvalue weighted by atomic mass is 10.2. The third-order valence-corrected chi connectivity index (χ3v) is 3.77. The van der Waals surface area contributed by atoms with E-state index in [4.69, 9.17) is 9.47 Å². The Kier molecular flexibility index (Phi) is 4.15. The molecule has 0 saturated heterocycles. The molecule has 2 aromatic carbocycles. The fraction of sp³-hybridized carbons (Fsp3) is 0.133. The van der Waals surface area contributed by atoms with Gasteiger partial charge < -0.3 is 14.8 Å². The number of halogens is 2. The Labute approximate surface area is 129 Å². The summed E-state index contributed by atoms with van der Waals surface area (Å²) in [5.41, 5.74) is 0.705. The molecule has 1 aliphatic heterocycles. The van der Waals surface area contributed by atoms with Crippen LogP contribution in [-0.2, 0) is 0 Å². The van der Waals surface area contributed by atoms with Crippen LogP contribution in [0.25, 0.3) is 0 Å². The number of nitrogens with one attached hydrogen (secondary N) is 1. The lowest BCUT2D eigenvalue weighted by Crippen LogP contribution is -2.13. The van der Waals surface area contributed by atoms with Crippen LogP contribution in [0, 0.1) is 0 Å². The van der Waals surface area contributed by atoms with Crippen LogP contribution in [0.2, 0.25) is 0 Å². The summed E-state index contributed by atoms with van der Waals surface area (Å²) in [6.45, 7) is 0.139. The van der Waals surface area contributed by atoms with Crippen LogP contribution in [0.1, 0.15) is 10.4 Å². The van der Waals surface area contributed by atoms with Crippen LogP contribution in [0.4, 0.5) is 14.5 Å². The molecule has 1 amide bonds. The Balaban J connectivity index is 1.80. The first kappa shape index (κ1) is 14.6. The maximum atomic E-state index is 12.5. The van der Waals surface area contributed by atoms with Crippen LogP contribution >= 0.6 is 11.8 Å². The summed E-state index contributed by atoms with van der Waals surface area (Å²) in [6.07, 6.45) is 0. The summed E-state index contributed by atoms with van der Waals surface area (Å²) in [7, 11) is 0. The van der Waals surface area contributed by atoms with E-state index in [0.29, 0.717) is 28.9 Å². The first-order valence-electron chi connectivity index (χ1n) is 6.38. The summed E-state index contributed by atoms with van der Waals surface area (Å²) in [5, 5.41) is 2.67. The van der Waals surface area contributed by atoms with Crippen LogP contribution < -0.4 is 14.8 Å². The molecule has 4 nitrogen and oxygen atoms in total. The highest BCUT2D eigenvalue weighted by Crippen LogP contribution is 2.34. The monoisotopic (exact) mass is 323 g/mol. The van der Waals surface area contributed by atoms with E-state index in [0.717, 1.165) is 0 Å². The van der Waals surface area contributed by atoms with Crippen molar-refractivity contribution in [2.24, 2.45) is 0 Å². The van der Waals surface area contributed by atoms with Crippen molar-refractivity contribution in [3.8, 4) is 11.5 Å². The smallest absolute Gasteiger partial charge is 0.288 e. The SMILES string of the molecule is O=C(Nc1ccc2c(c1)OCO2)c1ccccc1SC(F)F. The standard InChI is InChI=1S/C15H11F2NO3S/c16-15(17)22-13-4-2-1-3-10(13)14(19)18-9-5-6-11-12(7-9)21-8-20-11/h1-7,15H,8H2,(H,18,19). The largest absolute Gasteiger partial charge is 0.454 e. The van der Waals surface area contributed by atoms with Crippen molar-refractivity contribution in [3.63, 3.8) is 0 Å². The highest BCUT2D eigenvalue weighted by Gasteiger charge is 2.17. The van der Waals surface area contributed by atoms with Gasteiger partial charge in [0.25, 0.3) is 11.7 Å². The molecule has 1 N–H and O–H groups in total. The fourth-order valence-electron chi connectivity index (χ4n) is 2.03. The number of anilines is 1. The van der Waals surface area contributed by atoms with Crippen LogP contribution in [0.5, 0.6) is 11.5 Å². The molecule has 0 spiro atoms. The number of rotatable bonds is 4. The van der Waals surface area contributed by atoms with E-state index in [2.05, 4.69) is 5.32 Å². The van der Waals surface area contributed by atoms with Gasteiger partial charge in [-0.1, -0.05) is 23.9 Å². The summed E-state index contributed by atoms with van der Waals surface area (Å²) in [5.74, 6) is -1.90. The minimum atomic E-state index is -2.58. The van der Waals surface area contributed by atoms with Crippen LogP contribution in [0.15, 0.2) is 47.4 Å². The molecule has 2 aromatic rings. The van der Waals surface area contributed by atoms with Crippen molar-refractivity contribution < 1.29 is 23.0 Å². The van der Waals surface area contributed by atoms with Gasteiger partial charge in [-0.25, -0.2) is 0 Å². The van der Waals surface area contributed by atoms with Gasteiger partial charge in [-0.3, -0.25) is 4.79 Å². The van der Waals surface area contributed by atoms with E-state index in [1.54, 1.807) is 30.3 Å². The van der Waals surface area contributed by atoms with Crippen molar-refractivity contribution in [1.29, 1.82) is 0 Å². The molecule has 7 heteroatoms. The highest BCUT2D eigenvalue weighted by atomic mass is 32.2. The molecule has 3 rings (SSSR count). The topological polar surface area (TPSA) is 47.6 Å². The van der Waals surface area contributed by atoms with Crippen LogP contribution in [-0.4, -0.2) is 18.5 Å². The zero-order valence-electron chi connectivity index (χ0n) is 11.2. The van der Waals surface area contributed by atoms with Crippen molar-refractivity contribution in [2.45, 2.75) is 10.7 Å². The summed E-state index contributed by atoms with van der Waals surface area (Å²) in [6, 6.07) is 11.2. The van der Waals surface area contributed by atoms with Gasteiger partial charge in [0.1, 0.15) is 0 Å². The Hall–Kier alpha value is -2.28. The van der Waals surface area contributed by atoms with E-state index in [-0.39, 0.29) is 17.3 Å². The van der Waals surface area contributed by atoms with Gasteiger partial charge in [-0.15, -0.1) is 0 Å². The average Bonchev–Trinajstić information content (AvgIpc) is 2.94. The summed E-state index contributed by atoms with van der Waals surface area (Å²) < 4.78 is 35.5. The molecule has 0 fully saturated rings. The molecule has 1 aliphatic rings. The number of ether oxygens (including phenoxy) is 2. The predicted octanol–water partition coefficient (Wildman–Crippen LogP) is 3.98. The van der Waals surface area contributed by atoms with Crippen molar-refractivity contribution in [1.82, 2.24) is 0 Å². The summed E-state index contributed by atoms with van der Waals surface area (Å²) >= 11 is 0.345. The van der Waals surface area contributed by atoms with E-state index in [1.807, 2.05) is 0 Å². The number of alkyl halides is 2. The van der Waals surface area contributed by atoms with Gasteiger partial charge in [0.05, 0.1) is 5.56 Å². The first-order valence-corrected chi connectivity index (χ1v) is 7.26. The number of amides is 1. The Bertz CT molecular complexity index is 709. The molecule has 0 unspecified atom stereocenters. The number of fused-ring (bicyclic) bond motifs is 1. The third-order valence-electron chi connectivity index (χ3n) is 2.98. The second-order valence-electron chi connectivity index (χ2n) is 4.40. The second-order valence-corrected chi connectivity index (χ2v) is 5.43. The maximum Gasteiger partial charge on any atom is 0.288 e.